The molecular formula is C18H15N3O4S. The number of anilines is 1. The molecule has 2 aromatic carbocycles. The molecule has 132 valence electrons. The molecule has 1 aliphatic rings. The molecule has 0 aliphatic carbocycles. The first kappa shape index (κ1) is 16.5. The zero-order chi connectivity index (χ0) is 17.9. The number of thioether (sulfide) groups is 1. The van der Waals surface area contributed by atoms with Crippen molar-refractivity contribution in [3.8, 4) is 11.5 Å². The molecular weight excluding hydrogens is 354 g/mol. The largest absolute Gasteiger partial charge is 0.454 e. The fourth-order valence-corrected chi connectivity index (χ4v) is 3.38. The molecule has 1 aromatic heterocycles. The number of benzene rings is 2. The minimum atomic E-state index is -0.200. The van der Waals surface area contributed by atoms with E-state index in [4.69, 9.17) is 14.0 Å². The van der Waals surface area contributed by atoms with Gasteiger partial charge in [-0.15, -0.1) is 11.8 Å². The van der Waals surface area contributed by atoms with Crippen LogP contribution < -0.4 is 14.8 Å². The summed E-state index contributed by atoms with van der Waals surface area (Å²) in [6.07, 6.45) is 0. The van der Waals surface area contributed by atoms with Crippen LogP contribution in [-0.2, 0) is 5.75 Å². The summed E-state index contributed by atoms with van der Waals surface area (Å²) >= 11 is 1.47. The van der Waals surface area contributed by atoms with E-state index in [0.29, 0.717) is 40.2 Å². The summed E-state index contributed by atoms with van der Waals surface area (Å²) in [6, 6.07) is 12.7. The van der Waals surface area contributed by atoms with Crippen LogP contribution >= 0.6 is 11.8 Å². The van der Waals surface area contributed by atoms with Crippen molar-refractivity contribution in [2.75, 3.05) is 12.1 Å². The van der Waals surface area contributed by atoms with Gasteiger partial charge in [-0.25, -0.2) is 0 Å². The number of nitrogens with zero attached hydrogens (tertiary/aromatic N) is 2. The van der Waals surface area contributed by atoms with Gasteiger partial charge in [0.2, 0.25) is 12.7 Å². The van der Waals surface area contributed by atoms with Crippen molar-refractivity contribution in [2.45, 2.75) is 17.6 Å². The van der Waals surface area contributed by atoms with Gasteiger partial charge >= 0.3 is 0 Å². The first-order valence-corrected chi connectivity index (χ1v) is 8.89. The molecule has 0 saturated heterocycles. The Morgan fingerprint density at radius 2 is 2.04 bits per heavy atom. The first-order valence-electron chi connectivity index (χ1n) is 7.91. The zero-order valence-electron chi connectivity index (χ0n) is 13.9. The number of amides is 1. The average molecular weight is 369 g/mol. The van der Waals surface area contributed by atoms with E-state index in [-0.39, 0.29) is 12.7 Å². The van der Waals surface area contributed by atoms with Crippen molar-refractivity contribution in [1.29, 1.82) is 0 Å². The molecule has 1 aliphatic heterocycles. The zero-order valence-corrected chi connectivity index (χ0v) is 14.7. The van der Waals surface area contributed by atoms with Crippen LogP contribution in [-0.4, -0.2) is 22.8 Å². The van der Waals surface area contributed by atoms with Crippen LogP contribution in [0, 0.1) is 6.92 Å². The predicted molar refractivity (Wildman–Crippen MR) is 95.6 cm³/mol. The predicted octanol–water partition coefficient (Wildman–Crippen LogP) is 3.65. The number of aryl methyl sites for hydroxylation is 1. The van der Waals surface area contributed by atoms with Crippen LogP contribution in [0.2, 0.25) is 0 Å². The SMILES string of the molecule is Cc1noc(CSc2ccccc2C(=O)Nc2ccc3c(c2)OCO3)n1. The minimum absolute atomic E-state index is 0.196. The highest BCUT2D eigenvalue weighted by atomic mass is 32.2. The first-order chi connectivity index (χ1) is 12.7. The third-order valence-electron chi connectivity index (χ3n) is 3.68. The second-order valence-corrected chi connectivity index (χ2v) is 6.56. The third-order valence-corrected chi connectivity index (χ3v) is 4.74. The number of hydrogen-bond acceptors (Lipinski definition) is 7. The van der Waals surface area contributed by atoms with Crippen molar-refractivity contribution >= 4 is 23.4 Å². The maximum atomic E-state index is 12.7. The Labute approximate surface area is 153 Å². The third kappa shape index (κ3) is 3.50. The molecule has 8 heteroatoms. The van der Waals surface area contributed by atoms with E-state index in [0.717, 1.165) is 4.90 Å². The number of rotatable bonds is 5. The van der Waals surface area contributed by atoms with Gasteiger partial charge in [-0.2, -0.15) is 4.98 Å². The number of carbonyl (C=O) groups excluding carboxylic acids is 1. The number of carbonyl (C=O) groups is 1. The molecule has 7 nitrogen and oxygen atoms in total. The summed E-state index contributed by atoms with van der Waals surface area (Å²) in [6.45, 7) is 1.96. The molecule has 4 rings (SSSR count). The van der Waals surface area contributed by atoms with Crippen LogP contribution in [0.4, 0.5) is 5.69 Å². The van der Waals surface area contributed by atoms with E-state index in [2.05, 4.69) is 15.5 Å². The van der Waals surface area contributed by atoms with Gasteiger partial charge < -0.3 is 19.3 Å². The second kappa shape index (κ2) is 7.09. The number of nitrogens with one attached hydrogen (secondary N) is 1. The van der Waals surface area contributed by atoms with Gasteiger partial charge in [0.25, 0.3) is 5.91 Å². The van der Waals surface area contributed by atoms with Crippen LogP contribution in [0.15, 0.2) is 51.9 Å². The van der Waals surface area contributed by atoms with E-state index in [9.17, 15) is 4.79 Å². The fraction of sp³-hybridized carbons (Fsp3) is 0.167. The van der Waals surface area contributed by atoms with Gasteiger partial charge in [0.1, 0.15) is 0 Å². The summed E-state index contributed by atoms with van der Waals surface area (Å²) < 4.78 is 15.7. The number of ether oxygens (including phenoxy) is 2. The highest BCUT2D eigenvalue weighted by molar-refractivity contribution is 7.98. The van der Waals surface area contributed by atoms with Crippen molar-refractivity contribution in [3.63, 3.8) is 0 Å². The molecule has 1 N–H and O–H groups in total. The van der Waals surface area contributed by atoms with Gasteiger partial charge in [-0.1, -0.05) is 17.3 Å². The lowest BCUT2D eigenvalue weighted by atomic mass is 10.2. The number of fused-ring (bicyclic) bond motifs is 1. The normalized spacial score (nSPS) is 12.2. The Hall–Kier alpha value is -3.00. The highest BCUT2D eigenvalue weighted by Crippen LogP contribution is 2.34. The van der Waals surface area contributed by atoms with E-state index in [1.165, 1.54) is 11.8 Å². The van der Waals surface area contributed by atoms with Gasteiger partial charge in [0.15, 0.2) is 17.3 Å². The van der Waals surface area contributed by atoms with E-state index in [1.807, 2.05) is 18.2 Å². The molecule has 1 amide bonds. The number of hydrogen-bond donors (Lipinski definition) is 1. The maximum absolute atomic E-state index is 12.7. The van der Waals surface area contributed by atoms with Gasteiger partial charge in [-0.3, -0.25) is 4.79 Å². The summed E-state index contributed by atoms with van der Waals surface area (Å²) in [5, 5.41) is 6.66. The lowest BCUT2D eigenvalue weighted by Crippen LogP contribution is -2.12. The molecule has 26 heavy (non-hydrogen) atoms. The van der Waals surface area contributed by atoms with Crippen molar-refractivity contribution in [1.82, 2.24) is 10.1 Å². The lowest BCUT2D eigenvalue weighted by Gasteiger charge is -2.09. The highest BCUT2D eigenvalue weighted by Gasteiger charge is 2.16. The van der Waals surface area contributed by atoms with Crippen LogP contribution in [0.25, 0.3) is 0 Å². The average Bonchev–Trinajstić information content (AvgIpc) is 3.28. The van der Waals surface area contributed by atoms with Gasteiger partial charge in [0, 0.05) is 16.6 Å². The Morgan fingerprint density at radius 1 is 1.19 bits per heavy atom. The molecule has 0 saturated carbocycles. The van der Waals surface area contributed by atoms with Crippen LogP contribution in [0.1, 0.15) is 22.1 Å². The quantitative estimate of drug-likeness (QED) is 0.687. The standard InChI is InChI=1S/C18H15N3O4S/c1-11-19-17(25-21-11)9-26-16-5-3-2-4-13(16)18(22)20-12-6-7-14-15(8-12)24-10-23-14/h2-8H,9-10H2,1H3,(H,20,22). The smallest absolute Gasteiger partial charge is 0.256 e. The molecule has 0 bridgehead atoms. The van der Waals surface area contributed by atoms with E-state index < -0.39 is 0 Å². The Balaban J connectivity index is 1.49. The molecule has 0 unspecified atom stereocenters. The summed E-state index contributed by atoms with van der Waals surface area (Å²) in [7, 11) is 0. The summed E-state index contributed by atoms with van der Waals surface area (Å²) in [4.78, 5) is 17.7. The van der Waals surface area contributed by atoms with Crippen LogP contribution in [0.3, 0.4) is 0 Å². The Bertz CT molecular complexity index is 957. The van der Waals surface area contributed by atoms with Crippen molar-refractivity contribution < 1.29 is 18.8 Å². The molecule has 2 heterocycles. The monoisotopic (exact) mass is 369 g/mol. The molecule has 0 spiro atoms. The van der Waals surface area contributed by atoms with Crippen molar-refractivity contribution in [2.24, 2.45) is 0 Å². The molecule has 3 aromatic rings. The Morgan fingerprint density at radius 3 is 2.88 bits per heavy atom. The fourth-order valence-electron chi connectivity index (χ4n) is 2.49. The number of aromatic nitrogens is 2. The Kier molecular flexibility index (Phi) is 4.49. The molecule has 0 atom stereocenters. The van der Waals surface area contributed by atoms with Gasteiger partial charge in [0.05, 0.1) is 11.3 Å². The van der Waals surface area contributed by atoms with Gasteiger partial charge in [-0.05, 0) is 31.2 Å². The summed E-state index contributed by atoms with van der Waals surface area (Å²) in [5.41, 5.74) is 1.22. The maximum Gasteiger partial charge on any atom is 0.256 e. The van der Waals surface area contributed by atoms with E-state index in [1.54, 1.807) is 31.2 Å². The molecule has 0 radical (unpaired) electrons. The topological polar surface area (TPSA) is 86.5 Å². The van der Waals surface area contributed by atoms with Crippen molar-refractivity contribution in [3.05, 3.63) is 59.7 Å². The summed E-state index contributed by atoms with van der Waals surface area (Å²) in [5.74, 6) is 2.71. The lowest BCUT2D eigenvalue weighted by molar-refractivity contribution is 0.102. The second-order valence-electron chi connectivity index (χ2n) is 5.54. The molecule has 0 fully saturated rings. The van der Waals surface area contributed by atoms with E-state index >= 15 is 0 Å². The van der Waals surface area contributed by atoms with Crippen LogP contribution in [0.5, 0.6) is 11.5 Å². The minimum Gasteiger partial charge on any atom is -0.454 e.